The molecule has 0 aromatic carbocycles. The molecule has 3 rings (SSSR count). The Morgan fingerprint density at radius 2 is 2.16 bits per heavy atom. The molecule has 0 fully saturated rings. The summed E-state index contributed by atoms with van der Waals surface area (Å²) in [6.07, 6.45) is 5.68. The first-order valence-corrected chi connectivity index (χ1v) is 6.72. The Labute approximate surface area is 118 Å². The van der Waals surface area contributed by atoms with Crippen LogP contribution in [0, 0.1) is 6.92 Å². The van der Waals surface area contributed by atoms with Crippen molar-refractivity contribution in [3.8, 4) is 0 Å². The number of nitrogens with zero attached hydrogens (tertiary/aromatic N) is 3. The highest BCUT2D eigenvalue weighted by molar-refractivity contribution is 9.10. The van der Waals surface area contributed by atoms with E-state index in [1.807, 2.05) is 48.0 Å². The third-order valence-electron chi connectivity index (χ3n) is 2.98. The van der Waals surface area contributed by atoms with Gasteiger partial charge in [0.2, 0.25) is 0 Å². The lowest BCUT2D eigenvalue weighted by Crippen LogP contribution is -2.22. The van der Waals surface area contributed by atoms with Gasteiger partial charge in [-0.2, -0.15) is 0 Å². The molecule has 0 unspecified atom stereocenters. The summed E-state index contributed by atoms with van der Waals surface area (Å²) in [5.74, 6) is 0. The molecule has 5 heteroatoms. The molecule has 3 aromatic rings. The van der Waals surface area contributed by atoms with Crippen LogP contribution in [0.4, 0.5) is 0 Å². The highest BCUT2D eigenvalue weighted by Gasteiger charge is 2.06. The van der Waals surface area contributed by atoms with Crippen molar-refractivity contribution in [3.63, 3.8) is 0 Å². The first-order chi connectivity index (χ1) is 9.13. The molecule has 0 aliphatic carbocycles. The van der Waals surface area contributed by atoms with Crippen molar-refractivity contribution in [1.82, 2.24) is 14.0 Å². The number of aryl methyl sites for hydroxylation is 1. The first-order valence-electron chi connectivity index (χ1n) is 5.93. The van der Waals surface area contributed by atoms with Gasteiger partial charge in [0.15, 0.2) is 0 Å². The molecule has 0 N–H and O–H groups in total. The van der Waals surface area contributed by atoms with E-state index < -0.39 is 0 Å². The minimum Gasteiger partial charge on any atom is -0.308 e. The van der Waals surface area contributed by atoms with Crippen LogP contribution in [-0.4, -0.2) is 14.0 Å². The van der Waals surface area contributed by atoms with E-state index in [2.05, 4.69) is 20.9 Å². The molecular formula is C14H12BrN3O. The van der Waals surface area contributed by atoms with Gasteiger partial charge in [-0.1, -0.05) is 6.07 Å². The smallest absolute Gasteiger partial charge is 0.253 e. The van der Waals surface area contributed by atoms with Gasteiger partial charge in [0.25, 0.3) is 5.56 Å². The topological polar surface area (TPSA) is 39.3 Å². The zero-order valence-electron chi connectivity index (χ0n) is 10.4. The second-order valence-electron chi connectivity index (χ2n) is 4.47. The number of pyridine rings is 2. The monoisotopic (exact) mass is 317 g/mol. The van der Waals surface area contributed by atoms with E-state index in [1.54, 1.807) is 10.8 Å². The molecule has 0 saturated heterocycles. The van der Waals surface area contributed by atoms with Crippen molar-refractivity contribution >= 4 is 21.6 Å². The normalized spacial score (nSPS) is 11.1. The van der Waals surface area contributed by atoms with E-state index in [-0.39, 0.29) is 5.56 Å². The number of imidazole rings is 1. The average Bonchev–Trinajstić information content (AvgIpc) is 2.77. The Kier molecular flexibility index (Phi) is 2.98. The molecule has 19 heavy (non-hydrogen) atoms. The minimum absolute atomic E-state index is 0.0141. The lowest BCUT2D eigenvalue weighted by Gasteiger charge is -2.05. The number of fused-ring (bicyclic) bond motifs is 1. The van der Waals surface area contributed by atoms with Crippen molar-refractivity contribution in [1.29, 1.82) is 0 Å². The maximum atomic E-state index is 12.0. The van der Waals surface area contributed by atoms with Crippen LogP contribution in [-0.2, 0) is 6.54 Å². The lowest BCUT2D eigenvalue weighted by atomic mass is 10.3. The standard InChI is InChI=1S/C14H12BrN3O/c1-10-6-11(15)7-18(14(10)19)9-12-8-17-5-3-2-4-13(17)16-12/h2-8H,9H2,1H3. The van der Waals surface area contributed by atoms with Gasteiger partial charge in [0.1, 0.15) is 5.65 Å². The van der Waals surface area contributed by atoms with E-state index in [9.17, 15) is 4.79 Å². The summed E-state index contributed by atoms with van der Waals surface area (Å²) in [5, 5.41) is 0. The Balaban J connectivity index is 2.03. The number of halogens is 1. The number of rotatable bonds is 2. The maximum Gasteiger partial charge on any atom is 0.253 e. The maximum absolute atomic E-state index is 12.0. The summed E-state index contributed by atoms with van der Waals surface area (Å²) in [7, 11) is 0. The molecular weight excluding hydrogens is 306 g/mol. The van der Waals surface area contributed by atoms with E-state index in [1.165, 1.54) is 0 Å². The van der Waals surface area contributed by atoms with Gasteiger partial charge in [-0.15, -0.1) is 0 Å². The van der Waals surface area contributed by atoms with Crippen LogP contribution in [0.15, 0.2) is 52.1 Å². The molecule has 3 aromatic heterocycles. The molecule has 96 valence electrons. The molecule has 0 spiro atoms. The molecule has 0 aliphatic rings. The van der Waals surface area contributed by atoms with Crippen molar-refractivity contribution in [2.75, 3.05) is 0 Å². The number of hydrogen-bond acceptors (Lipinski definition) is 2. The molecule has 0 aliphatic heterocycles. The highest BCUT2D eigenvalue weighted by Crippen LogP contribution is 2.10. The van der Waals surface area contributed by atoms with Crippen LogP contribution in [0.1, 0.15) is 11.3 Å². The van der Waals surface area contributed by atoms with Crippen LogP contribution in [0.2, 0.25) is 0 Å². The average molecular weight is 318 g/mol. The third-order valence-corrected chi connectivity index (χ3v) is 3.41. The summed E-state index contributed by atoms with van der Waals surface area (Å²) < 4.78 is 4.51. The third kappa shape index (κ3) is 2.33. The highest BCUT2D eigenvalue weighted by atomic mass is 79.9. The van der Waals surface area contributed by atoms with Gasteiger partial charge >= 0.3 is 0 Å². The van der Waals surface area contributed by atoms with Crippen LogP contribution in [0.3, 0.4) is 0 Å². The fourth-order valence-electron chi connectivity index (χ4n) is 2.10. The predicted octanol–water partition coefficient (Wildman–Crippen LogP) is 2.62. The first kappa shape index (κ1) is 12.2. The molecule has 3 heterocycles. The zero-order chi connectivity index (χ0) is 13.4. The second-order valence-corrected chi connectivity index (χ2v) is 5.39. The minimum atomic E-state index is 0.0141. The summed E-state index contributed by atoms with van der Waals surface area (Å²) in [6, 6.07) is 7.66. The zero-order valence-corrected chi connectivity index (χ0v) is 12.0. The summed E-state index contributed by atoms with van der Waals surface area (Å²) >= 11 is 3.41. The second kappa shape index (κ2) is 4.66. The molecule has 4 nitrogen and oxygen atoms in total. The number of hydrogen-bond donors (Lipinski definition) is 0. The Bertz CT molecular complexity index is 771. The van der Waals surface area contributed by atoms with Gasteiger partial charge in [0, 0.05) is 28.6 Å². The molecule has 0 atom stereocenters. The van der Waals surface area contributed by atoms with Crippen LogP contribution in [0.5, 0.6) is 0 Å². The largest absolute Gasteiger partial charge is 0.308 e. The Morgan fingerprint density at radius 3 is 2.95 bits per heavy atom. The number of aromatic nitrogens is 3. The fraction of sp³-hybridized carbons (Fsp3) is 0.143. The van der Waals surface area contributed by atoms with Crippen molar-refractivity contribution in [2.24, 2.45) is 0 Å². The van der Waals surface area contributed by atoms with Gasteiger partial charge in [-0.3, -0.25) is 4.79 Å². The molecule has 0 amide bonds. The van der Waals surface area contributed by atoms with Crippen molar-refractivity contribution in [2.45, 2.75) is 13.5 Å². The quantitative estimate of drug-likeness (QED) is 0.729. The summed E-state index contributed by atoms with van der Waals surface area (Å²) in [4.78, 5) is 16.5. The lowest BCUT2D eigenvalue weighted by molar-refractivity contribution is 0.735. The van der Waals surface area contributed by atoms with Crippen LogP contribution < -0.4 is 5.56 Å². The molecule has 0 radical (unpaired) electrons. The van der Waals surface area contributed by atoms with Crippen LogP contribution in [0.25, 0.3) is 5.65 Å². The van der Waals surface area contributed by atoms with E-state index >= 15 is 0 Å². The van der Waals surface area contributed by atoms with Crippen molar-refractivity contribution in [3.05, 3.63) is 68.9 Å². The summed E-state index contributed by atoms with van der Waals surface area (Å²) in [5.41, 5.74) is 2.49. The van der Waals surface area contributed by atoms with Gasteiger partial charge in [-0.05, 0) is 41.1 Å². The fourth-order valence-corrected chi connectivity index (χ4v) is 2.69. The van der Waals surface area contributed by atoms with E-state index in [0.29, 0.717) is 6.54 Å². The van der Waals surface area contributed by atoms with Gasteiger partial charge < -0.3 is 8.97 Å². The van der Waals surface area contributed by atoms with Gasteiger partial charge in [0.05, 0.1) is 12.2 Å². The molecule has 0 saturated carbocycles. The van der Waals surface area contributed by atoms with E-state index in [0.717, 1.165) is 21.4 Å². The van der Waals surface area contributed by atoms with E-state index in [4.69, 9.17) is 0 Å². The van der Waals surface area contributed by atoms with Gasteiger partial charge in [-0.25, -0.2) is 4.98 Å². The van der Waals surface area contributed by atoms with Crippen LogP contribution >= 0.6 is 15.9 Å². The Hall–Kier alpha value is -1.88. The summed E-state index contributed by atoms with van der Waals surface area (Å²) in [6.45, 7) is 2.29. The van der Waals surface area contributed by atoms with Crippen molar-refractivity contribution < 1.29 is 0 Å². The Morgan fingerprint density at radius 1 is 1.32 bits per heavy atom. The predicted molar refractivity (Wildman–Crippen MR) is 77.4 cm³/mol. The SMILES string of the molecule is Cc1cc(Br)cn(Cc2cn3ccccc3n2)c1=O. The molecule has 0 bridgehead atoms.